The molecule has 2 aromatic rings. The molecule has 24 heavy (non-hydrogen) atoms. The molecule has 1 amide bonds. The molecule has 3 rings (SSSR count). The SMILES string of the molecule is O=C(O)[C@H]1CS[C@@H](c2ccccc2Cl)N1C(=O)c1ccc(Cl)cc1. The monoisotopic (exact) mass is 381 g/mol. The molecular weight excluding hydrogens is 369 g/mol. The Morgan fingerprint density at radius 3 is 2.38 bits per heavy atom. The van der Waals surface area contributed by atoms with Crippen molar-refractivity contribution >= 4 is 46.8 Å². The molecule has 0 aliphatic carbocycles. The fourth-order valence-corrected chi connectivity index (χ4v) is 4.49. The summed E-state index contributed by atoms with van der Waals surface area (Å²) in [7, 11) is 0. The Morgan fingerprint density at radius 1 is 1.08 bits per heavy atom. The van der Waals surface area contributed by atoms with E-state index in [1.807, 2.05) is 12.1 Å². The van der Waals surface area contributed by atoms with Crippen molar-refractivity contribution in [2.75, 3.05) is 5.75 Å². The molecule has 4 nitrogen and oxygen atoms in total. The maximum absolute atomic E-state index is 12.9. The summed E-state index contributed by atoms with van der Waals surface area (Å²) in [5.74, 6) is -1.07. The average molecular weight is 382 g/mol. The molecule has 0 spiro atoms. The van der Waals surface area contributed by atoms with Gasteiger partial charge in [0.05, 0.1) is 0 Å². The first-order chi connectivity index (χ1) is 11.5. The van der Waals surface area contributed by atoms with Gasteiger partial charge in [-0.1, -0.05) is 41.4 Å². The number of halogens is 2. The first-order valence-corrected chi connectivity index (χ1v) is 8.96. The van der Waals surface area contributed by atoms with E-state index in [1.165, 1.54) is 16.7 Å². The van der Waals surface area contributed by atoms with Gasteiger partial charge in [0.2, 0.25) is 0 Å². The van der Waals surface area contributed by atoms with Gasteiger partial charge in [0.25, 0.3) is 5.91 Å². The Kier molecular flexibility index (Phi) is 5.04. The van der Waals surface area contributed by atoms with Gasteiger partial charge in [-0.25, -0.2) is 4.79 Å². The Labute approximate surface area is 153 Å². The van der Waals surface area contributed by atoms with Gasteiger partial charge in [-0.2, -0.15) is 0 Å². The van der Waals surface area contributed by atoms with Crippen LogP contribution in [-0.4, -0.2) is 33.7 Å². The molecule has 1 heterocycles. The lowest BCUT2D eigenvalue weighted by atomic mass is 10.1. The third kappa shape index (κ3) is 3.24. The number of nitrogens with zero attached hydrogens (tertiary/aromatic N) is 1. The number of thioether (sulfide) groups is 1. The molecule has 0 saturated carbocycles. The Morgan fingerprint density at radius 2 is 1.75 bits per heavy atom. The molecule has 0 unspecified atom stereocenters. The van der Waals surface area contributed by atoms with E-state index in [9.17, 15) is 14.7 Å². The number of aliphatic carboxylic acids is 1. The highest BCUT2D eigenvalue weighted by Crippen LogP contribution is 2.44. The Balaban J connectivity index is 2.01. The molecule has 0 aromatic heterocycles. The van der Waals surface area contributed by atoms with E-state index in [0.717, 1.165) is 5.56 Å². The van der Waals surface area contributed by atoms with E-state index in [2.05, 4.69) is 0 Å². The zero-order chi connectivity index (χ0) is 17.3. The second-order valence-corrected chi connectivity index (χ2v) is 7.24. The molecule has 2 atom stereocenters. The van der Waals surface area contributed by atoms with Crippen molar-refractivity contribution in [2.45, 2.75) is 11.4 Å². The summed E-state index contributed by atoms with van der Waals surface area (Å²) in [6.07, 6.45) is 0. The van der Waals surface area contributed by atoms with Crippen LogP contribution >= 0.6 is 35.0 Å². The van der Waals surface area contributed by atoms with Gasteiger partial charge in [-0.3, -0.25) is 4.79 Å². The highest BCUT2D eigenvalue weighted by Gasteiger charge is 2.43. The van der Waals surface area contributed by atoms with Crippen LogP contribution in [0.2, 0.25) is 10.0 Å². The number of carbonyl (C=O) groups is 2. The second-order valence-electron chi connectivity index (χ2n) is 5.28. The second kappa shape index (κ2) is 7.05. The van der Waals surface area contributed by atoms with Crippen LogP contribution in [0.5, 0.6) is 0 Å². The number of hydrogen-bond acceptors (Lipinski definition) is 3. The predicted octanol–water partition coefficient (Wildman–Crippen LogP) is 4.33. The normalized spacial score (nSPS) is 20.2. The van der Waals surface area contributed by atoms with Crippen LogP contribution in [0.3, 0.4) is 0 Å². The minimum atomic E-state index is -1.03. The Bertz CT molecular complexity index is 782. The van der Waals surface area contributed by atoms with E-state index in [-0.39, 0.29) is 5.91 Å². The molecule has 7 heteroatoms. The average Bonchev–Trinajstić information content (AvgIpc) is 3.00. The van der Waals surface area contributed by atoms with Crippen molar-refractivity contribution in [1.29, 1.82) is 0 Å². The first kappa shape index (κ1) is 17.1. The fourth-order valence-electron chi connectivity index (χ4n) is 2.60. The molecule has 1 saturated heterocycles. The van der Waals surface area contributed by atoms with Gasteiger partial charge in [0.15, 0.2) is 0 Å². The minimum absolute atomic E-state index is 0.310. The molecule has 1 N–H and O–H groups in total. The molecule has 0 radical (unpaired) electrons. The van der Waals surface area contributed by atoms with Crippen molar-refractivity contribution < 1.29 is 14.7 Å². The predicted molar refractivity (Wildman–Crippen MR) is 95.7 cm³/mol. The third-order valence-corrected chi connectivity index (χ3v) is 5.68. The van der Waals surface area contributed by atoms with Crippen molar-refractivity contribution in [2.24, 2.45) is 0 Å². The van der Waals surface area contributed by atoms with Gasteiger partial charge < -0.3 is 10.0 Å². The molecule has 1 aliphatic heterocycles. The van der Waals surface area contributed by atoms with Crippen LogP contribution in [-0.2, 0) is 4.79 Å². The summed E-state index contributed by atoms with van der Waals surface area (Å²) in [5.41, 5.74) is 1.13. The lowest BCUT2D eigenvalue weighted by Crippen LogP contribution is -2.43. The number of rotatable bonds is 3. The molecule has 0 bridgehead atoms. The standard InChI is InChI=1S/C17H13Cl2NO3S/c18-11-7-5-10(6-8-11)15(21)20-14(17(22)23)9-24-16(20)12-3-1-2-4-13(12)19/h1-8,14,16H,9H2,(H,22,23)/t14-,16+/m1/s1. The summed E-state index contributed by atoms with van der Waals surface area (Å²) in [6.45, 7) is 0. The Hall–Kier alpha value is -1.69. The summed E-state index contributed by atoms with van der Waals surface area (Å²) in [6, 6.07) is 12.7. The van der Waals surface area contributed by atoms with Gasteiger partial charge in [-0.15, -0.1) is 11.8 Å². The quantitative estimate of drug-likeness (QED) is 0.858. The summed E-state index contributed by atoms with van der Waals surface area (Å²) in [5, 5.41) is 10.1. The van der Waals surface area contributed by atoms with Crippen LogP contribution in [0, 0.1) is 0 Å². The maximum atomic E-state index is 12.9. The number of carboxylic acid groups (broad SMARTS) is 1. The lowest BCUT2D eigenvalue weighted by Gasteiger charge is -2.28. The van der Waals surface area contributed by atoms with Crippen molar-refractivity contribution in [3.8, 4) is 0 Å². The van der Waals surface area contributed by atoms with E-state index in [1.54, 1.807) is 36.4 Å². The molecule has 1 fully saturated rings. The van der Waals surface area contributed by atoms with Crippen LogP contribution < -0.4 is 0 Å². The van der Waals surface area contributed by atoms with Gasteiger partial charge in [0, 0.05) is 26.9 Å². The molecule has 1 aliphatic rings. The van der Waals surface area contributed by atoms with Crippen LogP contribution in [0.1, 0.15) is 21.3 Å². The van der Waals surface area contributed by atoms with E-state index < -0.39 is 17.4 Å². The van der Waals surface area contributed by atoms with Gasteiger partial charge >= 0.3 is 5.97 Å². The van der Waals surface area contributed by atoms with E-state index >= 15 is 0 Å². The number of carbonyl (C=O) groups excluding carboxylic acids is 1. The van der Waals surface area contributed by atoms with Gasteiger partial charge in [-0.05, 0) is 30.3 Å². The number of hydrogen-bond donors (Lipinski definition) is 1. The maximum Gasteiger partial charge on any atom is 0.327 e. The summed E-state index contributed by atoms with van der Waals surface area (Å²) < 4.78 is 0. The molecule has 124 valence electrons. The zero-order valence-electron chi connectivity index (χ0n) is 12.4. The topological polar surface area (TPSA) is 57.6 Å². The highest BCUT2D eigenvalue weighted by atomic mass is 35.5. The van der Waals surface area contributed by atoms with Crippen molar-refractivity contribution in [1.82, 2.24) is 4.90 Å². The third-order valence-electron chi connectivity index (χ3n) is 3.78. The van der Waals surface area contributed by atoms with E-state index in [4.69, 9.17) is 23.2 Å². The lowest BCUT2D eigenvalue weighted by molar-refractivity contribution is -0.141. The highest BCUT2D eigenvalue weighted by molar-refractivity contribution is 7.99. The van der Waals surface area contributed by atoms with Crippen LogP contribution in [0.25, 0.3) is 0 Å². The first-order valence-electron chi connectivity index (χ1n) is 7.16. The van der Waals surface area contributed by atoms with Crippen LogP contribution in [0.15, 0.2) is 48.5 Å². The number of carboxylic acids is 1. The van der Waals surface area contributed by atoms with Crippen molar-refractivity contribution in [3.63, 3.8) is 0 Å². The molecule has 2 aromatic carbocycles. The van der Waals surface area contributed by atoms with Crippen molar-refractivity contribution in [3.05, 3.63) is 69.7 Å². The van der Waals surface area contributed by atoms with Crippen LogP contribution in [0.4, 0.5) is 0 Å². The van der Waals surface area contributed by atoms with E-state index in [0.29, 0.717) is 21.4 Å². The number of amides is 1. The fraction of sp³-hybridized carbons (Fsp3) is 0.176. The number of benzene rings is 2. The largest absolute Gasteiger partial charge is 0.480 e. The molecular formula is C17H13Cl2NO3S. The zero-order valence-corrected chi connectivity index (χ0v) is 14.7. The minimum Gasteiger partial charge on any atom is -0.480 e. The summed E-state index contributed by atoms with van der Waals surface area (Å²) in [4.78, 5) is 25.9. The van der Waals surface area contributed by atoms with Gasteiger partial charge in [0.1, 0.15) is 11.4 Å². The summed E-state index contributed by atoms with van der Waals surface area (Å²) >= 11 is 13.5. The smallest absolute Gasteiger partial charge is 0.327 e.